The molecule has 0 unspecified atom stereocenters. The first-order chi connectivity index (χ1) is 14.6. The van der Waals surface area contributed by atoms with Gasteiger partial charge in [-0.3, -0.25) is 9.59 Å². The highest BCUT2D eigenvalue weighted by Gasteiger charge is 2.44. The fourth-order valence-electron chi connectivity index (χ4n) is 4.70. The number of rotatable bonds is 7. The molecule has 2 aliphatic heterocycles. The fourth-order valence-corrected chi connectivity index (χ4v) is 5.57. The second kappa shape index (κ2) is 9.31. The number of amides is 2. The molecule has 1 N–H and O–H groups in total. The molecule has 2 amide bonds. The van der Waals surface area contributed by atoms with Crippen LogP contribution in [-0.2, 0) is 4.79 Å². The minimum atomic E-state index is -0.394. The van der Waals surface area contributed by atoms with Gasteiger partial charge >= 0.3 is 0 Å². The number of benzene rings is 1. The highest BCUT2D eigenvalue weighted by atomic mass is 32.1. The number of likely N-dealkylation sites (tertiary alicyclic amines) is 1. The summed E-state index contributed by atoms with van der Waals surface area (Å²) in [5.41, 5.74) is 1.50. The van der Waals surface area contributed by atoms with Gasteiger partial charge in [0.1, 0.15) is 0 Å². The molecule has 1 saturated heterocycles. The van der Waals surface area contributed by atoms with E-state index in [-0.39, 0.29) is 17.9 Å². The van der Waals surface area contributed by atoms with Gasteiger partial charge in [-0.2, -0.15) is 0 Å². The Morgan fingerprint density at radius 2 is 1.93 bits per heavy atom. The average Bonchev–Trinajstić information content (AvgIpc) is 3.43. The predicted molar refractivity (Wildman–Crippen MR) is 121 cm³/mol. The number of nitrogens with zero attached hydrogens (tertiary/aromatic N) is 2. The van der Waals surface area contributed by atoms with Crippen LogP contribution in [0.15, 0.2) is 41.8 Å². The van der Waals surface area contributed by atoms with Crippen molar-refractivity contribution >= 4 is 23.2 Å². The second-order valence-corrected chi connectivity index (χ2v) is 9.70. The van der Waals surface area contributed by atoms with Gasteiger partial charge in [0, 0.05) is 30.1 Å². The molecule has 1 aromatic heterocycles. The summed E-state index contributed by atoms with van der Waals surface area (Å²) in [7, 11) is 0. The monoisotopic (exact) mass is 425 g/mol. The van der Waals surface area contributed by atoms with Crippen molar-refractivity contribution in [1.29, 1.82) is 0 Å². The largest absolute Gasteiger partial charge is 0.354 e. The summed E-state index contributed by atoms with van der Waals surface area (Å²) in [6.45, 7) is 8.64. The first-order valence-electron chi connectivity index (χ1n) is 11.0. The van der Waals surface area contributed by atoms with E-state index in [1.165, 1.54) is 12.8 Å². The third-order valence-electron chi connectivity index (χ3n) is 6.04. The zero-order valence-electron chi connectivity index (χ0n) is 17.8. The molecule has 0 bridgehead atoms. The van der Waals surface area contributed by atoms with Crippen LogP contribution in [0.3, 0.4) is 0 Å². The van der Waals surface area contributed by atoms with Crippen molar-refractivity contribution in [3.63, 3.8) is 0 Å². The van der Waals surface area contributed by atoms with Crippen LogP contribution in [0, 0.1) is 5.92 Å². The molecular weight excluding hydrogens is 394 g/mol. The Kier molecular flexibility index (Phi) is 6.54. The van der Waals surface area contributed by atoms with Crippen LogP contribution in [0.1, 0.15) is 59.4 Å². The molecule has 2 aromatic rings. The summed E-state index contributed by atoms with van der Waals surface area (Å²) in [6.07, 6.45) is 2.49. The predicted octanol–water partition coefficient (Wildman–Crippen LogP) is 3.90. The van der Waals surface area contributed by atoms with Crippen molar-refractivity contribution in [3.8, 4) is 0 Å². The molecule has 0 aliphatic carbocycles. The second-order valence-electron chi connectivity index (χ2n) is 8.72. The Labute approximate surface area is 183 Å². The maximum absolute atomic E-state index is 13.5. The zero-order valence-corrected chi connectivity index (χ0v) is 18.7. The Balaban J connectivity index is 1.65. The van der Waals surface area contributed by atoms with Crippen LogP contribution in [-0.4, -0.2) is 54.3 Å². The van der Waals surface area contributed by atoms with Gasteiger partial charge in [-0.05, 0) is 54.9 Å². The molecule has 1 aromatic carbocycles. The van der Waals surface area contributed by atoms with E-state index in [0.717, 1.165) is 30.1 Å². The van der Waals surface area contributed by atoms with Crippen molar-refractivity contribution in [2.75, 3.05) is 32.7 Å². The average molecular weight is 426 g/mol. The third-order valence-corrected chi connectivity index (χ3v) is 6.99. The van der Waals surface area contributed by atoms with E-state index in [1.54, 1.807) is 11.3 Å². The topological polar surface area (TPSA) is 52.7 Å². The Morgan fingerprint density at radius 3 is 2.63 bits per heavy atom. The van der Waals surface area contributed by atoms with Gasteiger partial charge in [-0.25, -0.2) is 0 Å². The minimum absolute atomic E-state index is 0.0151. The number of carbonyl (C=O) groups excluding carboxylic acids is 2. The lowest BCUT2D eigenvalue weighted by Gasteiger charge is -2.42. The molecule has 160 valence electrons. The van der Waals surface area contributed by atoms with Crippen LogP contribution >= 0.6 is 11.3 Å². The summed E-state index contributed by atoms with van der Waals surface area (Å²) in [5.74, 6) is -0.0319. The van der Waals surface area contributed by atoms with Crippen molar-refractivity contribution in [2.24, 2.45) is 5.92 Å². The standard InChI is InChI=1S/C24H31N3O2S/c1-17(2)16-27-22(20-10-7-15-30-20)21(18-8-3-4-9-19(18)24(27)29)23(28)25-11-14-26-12-5-6-13-26/h3-4,7-10,15,17,21-22H,5-6,11-14,16H2,1-2H3,(H,25,28)/t21-,22+/m1/s1. The molecule has 1 fully saturated rings. The summed E-state index contributed by atoms with van der Waals surface area (Å²) in [6, 6.07) is 11.4. The Hall–Kier alpha value is -2.18. The van der Waals surface area contributed by atoms with Gasteiger partial charge in [-0.15, -0.1) is 11.3 Å². The molecule has 3 heterocycles. The van der Waals surface area contributed by atoms with Gasteiger partial charge in [0.2, 0.25) is 5.91 Å². The van der Waals surface area contributed by atoms with E-state index in [0.29, 0.717) is 24.6 Å². The quantitative estimate of drug-likeness (QED) is 0.732. The summed E-state index contributed by atoms with van der Waals surface area (Å²) in [4.78, 5) is 32.3. The molecule has 4 rings (SSSR count). The van der Waals surface area contributed by atoms with Gasteiger partial charge in [0.05, 0.1) is 12.0 Å². The van der Waals surface area contributed by atoms with E-state index in [4.69, 9.17) is 0 Å². The van der Waals surface area contributed by atoms with Crippen molar-refractivity contribution < 1.29 is 9.59 Å². The van der Waals surface area contributed by atoms with Gasteiger partial charge in [0.15, 0.2) is 0 Å². The molecule has 2 atom stereocenters. The maximum atomic E-state index is 13.5. The van der Waals surface area contributed by atoms with Crippen LogP contribution in [0.2, 0.25) is 0 Å². The molecule has 6 heteroatoms. The van der Waals surface area contributed by atoms with Crippen LogP contribution in [0.25, 0.3) is 0 Å². The smallest absolute Gasteiger partial charge is 0.254 e. The molecule has 30 heavy (non-hydrogen) atoms. The van der Waals surface area contributed by atoms with E-state index in [2.05, 4.69) is 24.1 Å². The number of nitrogens with one attached hydrogen (secondary N) is 1. The number of fused-ring (bicyclic) bond motifs is 1. The van der Waals surface area contributed by atoms with Gasteiger partial charge in [0.25, 0.3) is 5.91 Å². The van der Waals surface area contributed by atoms with Crippen molar-refractivity contribution in [2.45, 2.75) is 38.6 Å². The lowest BCUT2D eigenvalue weighted by atomic mass is 9.81. The van der Waals surface area contributed by atoms with Crippen molar-refractivity contribution in [3.05, 3.63) is 57.8 Å². The van der Waals surface area contributed by atoms with Crippen molar-refractivity contribution in [1.82, 2.24) is 15.1 Å². The minimum Gasteiger partial charge on any atom is -0.354 e. The Morgan fingerprint density at radius 1 is 1.17 bits per heavy atom. The molecule has 0 radical (unpaired) electrons. The SMILES string of the molecule is CC(C)CN1C(=O)c2ccccc2[C@@H](C(=O)NCCN2CCCC2)[C@@H]1c1cccs1. The van der Waals surface area contributed by atoms with E-state index in [1.807, 2.05) is 46.7 Å². The number of hydrogen-bond donors (Lipinski definition) is 1. The lowest BCUT2D eigenvalue weighted by Crippen LogP contribution is -2.49. The normalized spacial score (nSPS) is 21.8. The molecule has 5 nitrogen and oxygen atoms in total. The van der Waals surface area contributed by atoms with Crippen LogP contribution in [0.5, 0.6) is 0 Å². The molecular formula is C24H31N3O2S. The maximum Gasteiger partial charge on any atom is 0.254 e. The fraction of sp³-hybridized carbons (Fsp3) is 0.500. The molecule has 0 saturated carbocycles. The lowest BCUT2D eigenvalue weighted by molar-refractivity contribution is -0.124. The summed E-state index contributed by atoms with van der Waals surface area (Å²) >= 11 is 1.62. The van der Waals surface area contributed by atoms with E-state index in [9.17, 15) is 9.59 Å². The summed E-state index contributed by atoms with van der Waals surface area (Å²) < 4.78 is 0. The van der Waals surface area contributed by atoms with Gasteiger partial charge < -0.3 is 15.1 Å². The van der Waals surface area contributed by atoms with E-state index >= 15 is 0 Å². The first kappa shape index (κ1) is 21.1. The molecule has 2 aliphatic rings. The first-order valence-corrected chi connectivity index (χ1v) is 11.9. The zero-order chi connectivity index (χ0) is 21.1. The Bertz CT molecular complexity index is 874. The number of carbonyl (C=O) groups is 2. The highest BCUT2D eigenvalue weighted by molar-refractivity contribution is 7.10. The highest BCUT2D eigenvalue weighted by Crippen LogP contribution is 2.44. The third kappa shape index (κ3) is 4.30. The number of thiophene rings is 1. The van der Waals surface area contributed by atoms with Gasteiger partial charge in [-0.1, -0.05) is 38.1 Å². The number of hydrogen-bond acceptors (Lipinski definition) is 4. The van der Waals surface area contributed by atoms with E-state index < -0.39 is 5.92 Å². The van der Waals surface area contributed by atoms with Crippen LogP contribution < -0.4 is 5.32 Å². The summed E-state index contributed by atoms with van der Waals surface area (Å²) in [5, 5.41) is 5.21. The van der Waals surface area contributed by atoms with Crippen LogP contribution in [0.4, 0.5) is 0 Å². The molecule has 0 spiro atoms.